The zero-order valence-electron chi connectivity index (χ0n) is 11.5. The highest BCUT2D eigenvalue weighted by Crippen LogP contribution is 2.22. The summed E-state index contributed by atoms with van der Waals surface area (Å²) in [5.74, 6) is 0.0865. The summed E-state index contributed by atoms with van der Waals surface area (Å²) < 4.78 is 25.8. The summed E-state index contributed by atoms with van der Waals surface area (Å²) in [6.07, 6.45) is 3.11. The van der Waals surface area contributed by atoms with Crippen molar-refractivity contribution in [3.05, 3.63) is 36.9 Å². The average molecular weight is 294 g/mol. The number of benzene rings is 1. The lowest BCUT2D eigenvalue weighted by Crippen LogP contribution is -2.23. The molecule has 0 radical (unpaired) electrons. The third-order valence-corrected chi connectivity index (χ3v) is 4.72. The predicted molar refractivity (Wildman–Crippen MR) is 77.3 cm³/mol. The van der Waals surface area contributed by atoms with Crippen molar-refractivity contribution in [3.63, 3.8) is 0 Å². The number of hydrogen-bond acceptors (Lipinski definition) is 5. The molecule has 0 saturated carbocycles. The highest BCUT2D eigenvalue weighted by Gasteiger charge is 2.17. The Morgan fingerprint density at radius 3 is 2.75 bits per heavy atom. The van der Waals surface area contributed by atoms with E-state index in [4.69, 9.17) is 0 Å². The molecule has 0 aliphatic carbocycles. The Morgan fingerprint density at radius 2 is 2.10 bits per heavy atom. The summed E-state index contributed by atoms with van der Waals surface area (Å²) in [6, 6.07) is 6.99. The van der Waals surface area contributed by atoms with E-state index in [2.05, 4.69) is 15.4 Å². The Bertz CT molecular complexity index is 653. The summed E-state index contributed by atoms with van der Waals surface area (Å²) in [7, 11) is -3.23. The zero-order chi connectivity index (χ0) is 14.6. The minimum atomic E-state index is -3.23. The lowest BCUT2D eigenvalue weighted by Gasteiger charge is -2.17. The number of sulfone groups is 1. The maximum absolute atomic E-state index is 12.1. The standard InChI is InChI=1S/C13H18N4O2S/c1-3-20(18,19)13-7-5-4-6-12(13)16-11(2)8-17-10-14-9-15-17/h4-7,9-11,16H,3,8H2,1-2H3/t11-/m0/s1. The summed E-state index contributed by atoms with van der Waals surface area (Å²) in [4.78, 5) is 4.22. The first-order chi connectivity index (χ1) is 9.53. The summed E-state index contributed by atoms with van der Waals surface area (Å²) in [5.41, 5.74) is 0.627. The summed E-state index contributed by atoms with van der Waals surface area (Å²) >= 11 is 0. The van der Waals surface area contributed by atoms with Gasteiger partial charge in [-0.2, -0.15) is 5.10 Å². The first kappa shape index (κ1) is 14.5. The second-order valence-corrected chi connectivity index (χ2v) is 6.81. The number of para-hydroxylation sites is 1. The lowest BCUT2D eigenvalue weighted by molar-refractivity contribution is 0.558. The SMILES string of the molecule is CCS(=O)(=O)c1ccccc1N[C@@H](C)Cn1cncn1. The van der Waals surface area contributed by atoms with Gasteiger partial charge in [-0.15, -0.1) is 0 Å². The molecule has 20 heavy (non-hydrogen) atoms. The summed E-state index contributed by atoms with van der Waals surface area (Å²) in [5, 5.41) is 7.25. The molecule has 0 unspecified atom stereocenters. The molecule has 0 spiro atoms. The van der Waals surface area contributed by atoms with E-state index in [0.717, 1.165) is 0 Å². The second kappa shape index (κ2) is 6.04. The smallest absolute Gasteiger partial charge is 0.180 e. The molecule has 7 heteroatoms. The molecule has 0 aliphatic rings. The fourth-order valence-electron chi connectivity index (χ4n) is 1.93. The molecule has 1 N–H and O–H groups in total. The van der Waals surface area contributed by atoms with Crippen LogP contribution in [-0.2, 0) is 16.4 Å². The average Bonchev–Trinajstić information content (AvgIpc) is 2.92. The number of anilines is 1. The van der Waals surface area contributed by atoms with Crippen molar-refractivity contribution in [2.75, 3.05) is 11.1 Å². The van der Waals surface area contributed by atoms with Crippen molar-refractivity contribution in [2.24, 2.45) is 0 Å². The maximum atomic E-state index is 12.1. The topological polar surface area (TPSA) is 76.9 Å². The van der Waals surface area contributed by atoms with E-state index in [1.807, 2.05) is 13.0 Å². The Balaban J connectivity index is 2.17. The quantitative estimate of drug-likeness (QED) is 0.875. The highest BCUT2D eigenvalue weighted by molar-refractivity contribution is 7.91. The van der Waals surface area contributed by atoms with Crippen LogP contribution in [0.4, 0.5) is 5.69 Å². The van der Waals surface area contributed by atoms with Crippen LogP contribution in [0.25, 0.3) is 0 Å². The molecule has 0 fully saturated rings. The normalized spacial score (nSPS) is 13.1. The van der Waals surface area contributed by atoms with Crippen molar-refractivity contribution in [2.45, 2.75) is 31.3 Å². The van der Waals surface area contributed by atoms with Crippen molar-refractivity contribution in [3.8, 4) is 0 Å². The van der Waals surface area contributed by atoms with Gasteiger partial charge in [0.2, 0.25) is 0 Å². The van der Waals surface area contributed by atoms with E-state index in [0.29, 0.717) is 17.1 Å². The zero-order valence-corrected chi connectivity index (χ0v) is 12.3. The van der Waals surface area contributed by atoms with Gasteiger partial charge in [-0.3, -0.25) is 4.68 Å². The van der Waals surface area contributed by atoms with Crippen LogP contribution in [0.5, 0.6) is 0 Å². The molecule has 0 amide bonds. The highest BCUT2D eigenvalue weighted by atomic mass is 32.2. The molecule has 1 atom stereocenters. The van der Waals surface area contributed by atoms with Crippen LogP contribution in [0.1, 0.15) is 13.8 Å². The van der Waals surface area contributed by atoms with E-state index < -0.39 is 9.84 Å². The molecular formula is C13H18N4O2S. The van der Waals surface area contributed by atoms with E-state index in [1.54, 1.807) is 36.1 Å². The molecule has 0 bridgehead atoms. The van der Waals surface area contributed by atoms with Gasteiger partial charge in [0.15, 0.2) is 9.84 Å². The first-order valence-electron chi connectivity index (χ1n) is 6.43. The Kier molecular flexibility index (Phi) is 4.39. The minimum Gasteiger partial charge on any atom is -0.380 e. The molecule has 0 saturated heterocycles. The fraction of sp³-hybridized carbons (Fsp3) is 0.385. The monoisotopic (exact) mass is 294 g/mol. The first-order valence-corrected chi connectivity index (χ1v) is 8.09. The molecule has 0 aliphatic heterocycles. The Hall–Kier alpha value is -1.89. The van der Waals surface area contributed by atoms with Gasteiger partial charge in [0.05, 0.1) is 22.9 Å². The van der Waals surface area contributed by atoms with Crippen molar-refractivity contribution in [1.82, 2.24) is 14.8 Å². The lowest BCUT2D eigenvalue weighted by atomic mass is 10.2. The minimum absolute atomic E-state index is 0.0323. The van der Waals surface area contributed by atoms with Gasteiger partial charge in [-0.1, -0.05) is 19.1 Å². The Morgan fingerprint density at radius 1 is 1.35 bits per heavy atom. The van der Waals surface area contributed by atoms with Crippen LogP contribution < -0.4 is 5.32 Å². The maximum Gasteiger partial charge on any atom is 0.180 e. The number of nitrogens with one attached hydrogen (secondary N) is 1. The van der Waals surface area contributed by atoms with Crippen molar-refractivity contribution in [1.29, 1.82) is 0 Å². The van der Waals surface area contributed by atoms with Gasteiger partial charge in [-0.05, 0) is 19.1 Å². The van der Waals surface area contributed by atoms with Crippen LogP contribution in [0.2, 0.25) is 0 Å². The van der Waals surface area contributed by atoms with Crippen LogP contribution in [0, 0.1) is 0 Å². The largest absolute Gasteiger partial charge is 0.380 e. The van der Waals surface area contributed by atoms with Crippen LogP contribution >= 0.6 is 0 Å². The molecular weight excluding hydrogens is 276 g/mol. The van der Waals surface area contributed by atoms with Crippen LogP contribution in [-0.4, -0.2) is 35.0 Å². The number of hydrogen-bond donors (Lipinski definition) is 1. The number of rotatable bonds is 6. The molecule has 6 nitrogen and oxygen atoms in total. The summed E-state index contributed by atoms with van der Waals surface area (Å²) in [6.45, 7) is 4.22. The number of nitrogens with zero attached hydrogens (tertiary/aromatic N) is 3. The molecule has 1 aromatic carbocycles. The van der Waals surface area contributed by atoms with E-state index in [9.17, 15) is 8.42 Å². The van der Waals surface area contributed by atoms with Gasteiger partial charge < -0.3 is 5.32 Å². The van der Waals surface area contributed by atoms with E-state index >= 15 is 0 Å². The Labute approximate surface area is 118 Å². The third kappa shape index (κ3) is 3.36. The van der Waals surface area contributed by atoms with Gasteiger partial charge in [0.25, 0.3) is 0 Å². The van der Waals surface area contributed by atoms with Gasteiger partial charge in [0.1, 0.15) is 12.7 Å². The number of aromatic nitrogens is 3. The van der Waals surface area contributed by atoms with E-state index in [1.165, 1.54) is 6.33 Å². The molecule has 108 valence electrons. The molecule has 2 aromatic rings. The molecule has 2 rings (SSSR count). The van der Waals surface area contributed by atoms with Gasteiger partial charge in [-0.25, -0.2) is 13.4 Å². The van der Waals surface area contributed by atoms with Crippen LogP contribution in [0.3, 0.4) is 0 Å². The van der Waals surface area contributed by atoms with Gasteiger partial charge in [0, 0.05) is 6.04 Å². The van der Waals surface area contributed by atoms with Crippen molar-refractivity contribution < 1.29 is 8.42 Å². The van der Waals surface area contributed by atoms with Crippen molar-refractivity contribution >= 4 is 15.5 Å². The fourth-order valence-corrected chi connectivity index (χ4v) is 2.99. The third-order valence-electron chi connectivity index (χ3n) is 2.93. The van der Waals surface area contributed by atoms with Crippen LogP contribution in [0.15, 0.2) is 41.8 Å². The second-order valence-electron chi connectivity index (χ2n) is 4.56. The predicted octanol–water partition coefficient (Wildman–Crippen LogP) is 1.57. The molecule has 1 aromatic heterocycles. The van der Waals surface area contributed by atoms with Gasteiger partial charge >= 0.3 is 0 Å². The van der Waals surface area contributed by atoms with E-state index in [-0.39, 0.29) is 11.8 Å². The molecule has 1 heterocycles.